The normalized spacial score (nSPS) is 10.4. The predicted octanol–water partition coefficient (Wildman–Crippen LogP) is 2.40. The van der Waals surface area contributed by atoms with Gasteiger partial charge in [-0.3, -0.25) is 0 Å². The van der Waals surface area contributed by atoms with Gasteiger partial charge in [-0.15, -0.1) is 0 Å². The number of ether oxygens (including phenoxy) is 1. The molecule has 21 heavy (non-hydrogen) atoms. The predicted molar refractivity (Wildman–Crippen MR) is 80.2 cm³/mol. The van der Waals surface area contributed by atoms with E-state index in [2.05, 4.69) is 15.0 Å². The third kappa shape index (κ3) is 3.69. The van der Waals surface area contributed by atoms with E-state index >= 15 is 0 Å². The molecule has 0 atom stereocenters. The van der Waals surface area contributed by atoms with Crippen molar-refractivity contribution < 1.29 is 9.53 Å². The number of nitrogens with zero attached hydrogens (tertiary/aromatic N) is 3. The van der Waals surface area contributed by atoms with Crippen molar-refractivity contribution >= 4 is 23.4 Å². The zero-order valence-corrected chi connectivity index (χ0v) is 12.9. The number of aryl methyl sites for hydroxylation is 2. The van der Waals surface area contributed by atoms with Gasteiger partial charge in [0, 0.05) is 17.6 Å². The Morgan fingerprint density at radius 3 is 2.62 bits per heavy atom. The lowest BCUT2D eigenvalue weighted by Gasteiger charge is -2.09. The summed E-state index contributed by atoms with van der Waals surface area (Å²) in [6.45, 7) is 5.83. The molecule has 110 valence electrons. The molecular weight excluding hydrogens is 288 g/mol. The highest BCUT2D eigenvalue weighted by molar-refractivity contribution is 7.99. The van der Waals surface area contributed by atoms with Gasteiger partial charge < -0.3 is 10.5 Å². The summed E-state index contributed by atoms with van der Waals surface area (Å²) in [5.41, 5.74) is 8.32. The average molecular weight is 304 g/mol. The molecule has 2 rings (SSSR count). The number of hydrogen-bond donors (Lipinski definition) is 1. The van der Waals surface area contributed by atoms with Crippen LogP contribution in [-0.4, -0.2) is 27.5 Å². The molecule has 0 saturated carbocycles. The average Bonchev–Trinajstić information content (AvgIpc) is 2.40. The number of esters is 1. The second-order valence-electron chi connectivity index (χ2n) is 4.33. The highest BCUT2D eigenvalue weighted by Crippen LogP contribution is 2.30. The van der Waals surface area contributed by atoms with E-state index in [-0.39, 0.29) is 5.69 Å². The van der Waals surface area contributed by atoms with Crippen molar-refractivity contribution in [1.29, 1.82) is 0 Å². The molecule has 0 spiro atoms. The van der Waals surface area contributed by atoms with Crippen LogP contribution in [0.2, 0.25) is 0 Å². The Hall–Kier alpha value is -2.15. The lowest BCUT2D eigenvalue weighted by Crippen LogP contribution is -2.09. The second kappa shape index (κ2) is 6.53. The second-order valence-corrected chi connectivity index (χ2v) is 5.29. The van der Waals surface area contributed by atoms with Gasteiger partial charge in [0.2, 0.25) is 0 Å². The summed E-state index contributed by atoms with van der Waals surface area (Å²) < 4.78 is 4.96. The van der Waals surface area contributed by atoms with Gasteiger partial charge in [-0.2, -0.15) is 0 Å². The largest absolute Gasteiger partial charge is 0.462 e. The van der Waals surface area contributed by atoms with Crippen molar-refractivity contribution in [3.8, 4) is 0 Å². The quantitative estimate of drug-likeness (QED) is 0.685. The summed E-state index contributed by atoms with van der Waals surface area (Å²) in [4.78, 5) is 24.6. The van der Waals surface area contributed by atoms with Crippen molar-refractivity contribution in [3.05, 3.63) is 35.3 Å². The Bertz CT molecular complexity index is 656. The summed E-state index contributed by atoms with van der Waals surface area (Å²) in [6, 6.07) is 3.43. The highest BCUT2D eigenvalue weighted by atomic mass is 32.2. The first-order valence-corrected chi connectivity index (χ1v) is 7.24. The fraction of sp³-hybridized carbons (Fsp3) is 0.286. The minimum Gasteiger partial charge on any atom is -0.462 e. The Balaban J connectivity index is 2.32. The van der Waals surface area contributed by atoms with Crippen LogP contribution in [0.5, 0.6) is 0 Å². The number of carbonyl (C=O) groups excluding carboxylic acids is 1. The van der Waals surface area contributed by atoms with Gasteiger partial charge in [0.15, 0.2) is 5.16 Å². The van der Waals surface area contributed by atoms with Crippen LogP contribution in [0.3, 0.4) is 0 Å². The minimum atomic E-state index is -0.458. The third-order valence-electron chi connectivity index (χ3n) is 2.60. The first kappa shape index (κ1) is 15.2. The lowest BCUT2D eigenvalue weighted by molar-refractivity contribution is 0.0527. The number of carbonyl (C=O) groups is 1. The zero-order valence-electron chi connectivity index (χ0n) is 12.1. The van der Waals surface area contributed by atoms with Crippen LogP contribution in [-0.2, 0) is 4.74 Å². The van der Waals surface area contributed by atoms with E-state index in [4.69, 9.17) is 10.5 Å². The number of nitrogen functional groups attached to an aromatic ring is 1. The van der Waals surface area contributed by atoms with Crippen molar-refractivity contribution in [2.45, 2.75) is 31.0 Å². The number of hydrogen-bond acceptors (Lipinski definition) is 7. The van der Waals surface area contributed by atoms with E-state index in [1.54, 1.807) is 13.0 Å². The number of anilines is 1. The number of aromatic nitrogens is 3. The van der Waals surface area contributed by atoms with Crippen LogP contribution in [0.4, 0.5) is 5.69 Å². The highest BCUT2D eigenvalue weighted by Gasteiger charge is 2.16. The van der Waals surface area contributed by atoms with Crippen molar-refractivity contribution in [1.82, 2.24) is 15.0 Å². The molecule has 2 N–H and O–H groups in total. The third-order valence-corrected chi connectivity index (χ3v) is 3.48. The number of nitrogens with two attached hydrogens (primary N) is 1. The molecule has 0 saturated heterocycles. The van der Waals surface area contributed by atoms with Crippen LogP contribution < -0.4 is 5.73 Å². The molecule has 0 amide bonds. The van der Waals surface area contributed by atoms with Crippen LogP contribution in [0.15, 0.2) is 28.5 Å². The molecule has 6 nitrogen and oxygen atoms in total. The molecule has 0 fully saturated rings. The van der Waals surface area contributed by atoms with Crippen LogP contribution in [0.1, 0.15) is 28.7 Å². The standard InChI is InChI=1S/C14H16N4O2S/c1-4-20-13(19)10-5-6-16-12(11(10)15)21-14-17-8(2)7-9(3)18-14/h5-7H,4,15H2,1-3H3. The van der Waals surface area contributed by atoms with E-state index in [1.165, 1.54) is 18.0 Å². The van der Waals surface area contributed by atoms with Gasteiger partial charge >= 0.3 is 5.97 Å². The van der Waals surface area contributed by atoms with Gasteiger partial charge in [-0.05, 0) is 44.7 Å². The molecular formula is C14H16N4O2S. The molecule has 2 heterocycles. The molecule has 7 heteroatoms. The first-order valence-electron chi connectivity index (χ1n) is 6.43. The fourth-order valence-corrected chi connectivity index (χ4v) is 2.63. The molecule has 0 unspecified atom stereocenters. The SMILES string of the molecule is CCOC(=O)c1ccnc(Sc2nc(C)cc(C)n2)c1N. The Kier molecular flexibility index (Phi) is 4.74. The summed E-state index contributed by atoms with van der Waals surface area (Å²) in [5, 5.41) is 1.04. The maximum Gasteiger partial charge on any atom is 0.340 e. The van der Waals surface area contributed by atoms with E-state index in [0.29, 0.717) is 22.4 Å². The van der Waals surface area contributed by atoms with E-state index < -0.39 is 5.97 Å². The molecule has 2 aromatic rings. The maximum absolute atomic E-state index is 11.8. The molecule has 0 aliphatic heterocycles. The molecule has 0 aliphatic rings. The number of pyridine rings is 1. The summed E-state index contributed by atoms with van der Waals surface area (Å²) in [6.07, 6.45) is 1.52. The summed E-state index contributed by atoms with van der Waals surface area (Å²) >= 11 is 1.23. The van der Waals surface area contributed by atoms with Crippen LogP contribution >= 0.6 is 11.8 Å². The van der Waals surface area contributed by atoms with E-state index in [1.807, 2.05) is 19.9 Å². The Morgan fingerprint density at radius 2 is 2.00 bits per heavy atom. The number of rotatable bonds is 4. The molecule has 0 radical (unpaired) electrons. The van der Waals surface area contributed by atoms with E-state index in [9.17, 15) is 4.79 Å². The van der Waals surface area contributed by atoms with Crippen molar-refractivity contribution in [3.63, 3.8) is 0 Å². The molecule has 0 aliphatic carbocycles. The smallest absolute Gasteiger partial charge is 0.340 e. The molecule has 0 bridgehead atoms. The van der Waals surface area contributed by atoms with Crippen molar-refractivity contribution in [2.24, 2.45) is 0 Å². The Labute approximate surface area is 127 Å². The summed E-state index contributed by atoms with van der Waals surface area (Å²) in [5.74, 6) is -0.458. The molecule has 2 aromatic heterocycles. The van der Waals surface area contributed by atoms with Crippen molar-refractivity contribution in [2.75, 3.05) is 12.3 Å². The van der Waals surface area contributed by atoms with Gasteiger partial charge in [-0.1, -0.05) is 0 Å². The first-order chi connectivity index (χ1) is 10.0. The van der Waals surface area contributed by atoms with Crippen LogP contribution in [0.25, 0.3) is 0 Å². The van der Waals surface area contributed by atoms with Gasteiger partial charge in [0.05, 0.1) is 17.9 Å². The fourth-order valence-electron chi connectivity index (χ4n) is 1.75. The van der Waals surface area contributed by atoms with Gasteiger partial charge in [0.25, 0.3) is 0 Å². The van der Waals surface area contributed by atoms with Gasteiger partial charge in [0.1, 0.15) is 5.03 Å². The zero-order chi connectivity index (χ0) is 15.4. The lowest BCUT2D eigenvalue weighted by atomic mass is 10.2. The van der Waals surface area contributed by atoms with Crippen LogP contribution in [0, 0.1) is 13.8 Å². The monoisotopic (exact) mass is 304 g/mol. The topological polar surface area (TPSA) is 91.0 Å². The molecule has 0 aromatic carbocycles. The summed E-state index contributed by atoms with van der Waals surface area (Å²) in [7, 11) is 0. The van der Waals surface area contributed by atoms with Gasteiger partial charge in [-0.25, -0.2) is 19.7 Å². The minimum absolute atomic E-state index is 0.281. The maximum atomic E-state index is 11.8. The Morgan fingerprint density at radius 1 is 1.33 bits per heavy atom. The van der Waals surface area contributed by atoms with E-state index in [0.717, 1.165) is 11.4 Å².